The summed E-state index contributed by atoms with van der Waals surface area (Å²) in [5.41, 5.74) is 19.7. The first-order chi connectivity index (χ1) is 71.3. The molecule has 0 atom stereocenters. The lowest BCUT2D eigenvalue weighted by atomic mass is 9.99. The van der Waals surface area contributed by atoms with Gasteiger partial charge in [-0.15, -0.1) is 22.7 Å². The van der Waals surface area contributed by atoms with Crippen molar-refractivity contribution in [2.75, 3.05) is 0 Å². The van der Waals surface area contributed by atoms with E-state index in [1.807, 2.05) is 83.3 Å². The lowest BCUT2D eigenvalue weighted by Crippen LogP contribution is -1.96. The van der Waals surface area contributed by atoms with Crippen molar-refractivity contribution in [1.82, 2.24) is 39.9 Å². The second-order valence-electron chi connectivity index (χ2n) is 36.6. The van der Waals surface area contributed by atoms with E-state index in [1.54, 1.807) is 0 Å². The summed E-state index contributed by atoms with van der Waals surface area (Å²) in [4.78, 5) is 40.9. The van der Waals surface area contributed by atoms with Crippen LogP contribution < -0.4 is 0 Å². The van der Waals surface area contributed by atoms with Gasteiger partial charge in [-0.25, -0.2) is 39.9 Å². The number of furan rings is 2. The predicted molar refractivity (Wildman–Crippen MR) is 605 cm³/mol. The third kappa shape index (κ3) is 14.7. The number of nitrogens with zero attached hydrogens (tertiary/aromatic N) is 8. The number of rotatable bonds is 8. The Kier molecular flexibility index (Phi) is 20.1. The highest BCUT2D eigenvalue weighted by molar-refractivity contribution is 7.26. The van der Waals surface area contributed by atoms with Crippen LogP contribution in [0, 0.1) is 0 Å². The molecule has 0 aliphatic heterocycles. The van der Waals surface area contributed by atoms with E-state index in [9.17, 15) is 0 Å². The summed E-state index contributed by atoms with van der Waals surface area (Å²) in [6.07, 6.45) is 0. The zero-order chi connectivity index (χ0) is 94.8. The Morgan fingerprint density at radius 1 is 0.146 bits per heavy atom. The van der Waals surface area contributed by atoms with Crippen molar-refractivity contribution in [3.05, 3.63) is 473 Å². The average molecular weight is 1870 g/mol. The van der Waals surface area contributed by atoms with Gasteiger partial charge in [0.05, 0.1) is 44.8 Å². The summed E-state index contributed by atoms with van der Waals surface area (Å²) >= 11 is 3.70. The summed E-state index contributed by atoms with van der Waals surface area (Å²) in [5.74, 6) is 2.94. The molecule has 0 saturated carbocycles. The molecule has 31 aromatic rings. The van der Waals surface area contributed by atoms with Crippen LogP contribution in [0.3, 0.4) is 0 Å². The number of benzene rings is 23. The van der Waals surface area contributed by atoms with Gasteiger partial charge in [0.2, 0.25) is 0 Å². The number of fused-ring (bicyclic) bond motifs is 28. The van der Waals surface area contributed by atoms with Gasteiger partial charge in [0, 0.05) is 139 Å². The molecule has 8 aromatic heterocycles. The third-order valence-electron chi connectivity index (χ3n) is 28.0. The van der Waals surface area contributed by atoms with E-state index in [-0.39, 0.29) is 0 Å². The lowest BCUT2D eigenvalue weighted by Gasteiger charge is -2.12. The molecule has 0 amide bonds. The van der Waals surface area contributed by atoms with E-state index in [0.29, 0.717) is 11.6 Å². The fourth-order valence-electron chi connectivity index (χ4n) is 21.1. The molecule has 0 spiro atoms. The molecule has 0 saturated heterocycles. The highest BCUT2D eigenvalue weighted by Crippen LogP contribution is 2.47. The number of para-hydroxylation sites is 3. The molecule has 670 valence electrons. The topological polar surface area (TPSA) is 129 Å². The predicted octanol–water partition coefficient (Wildman–Crippen LogP) is 36.5. The van der Waals surface area contributed by atoms with Crippen molar-refractivity contribution in [3.8, 4) is 90.6 Å². The molecule has 0 fully saturated rings. The molecule has 8 heterocycles. The summed E-state index contributed by atoms with van der Waals surface area (Å²) in [6.45, 7) is 0. The molecule has 12 heteroatoms. The van der Waals surface area contributed by atoms with Crippen LogP contribution >= 0.6 is 22.7 Å². The molecule has 0 unspecified atom stereocenters. The van der Waals surface area contributed by atoms with Crippen LogP contribution in [0.5, 0.6) is 0 Å². The highest BCUT2D eigenvalue weighted by Gasteiger charge is 2.23. The second-order valence-corrected chi connectivity index (χ2v) is 38.7. The molecule has 0 aliphatic carbocycles. The van der Waals surface area contributed by atoms with E-state index in [4.69, 9.17) is 48.7 Å². The van der Waals surface area contributed by atoms with Crippen LogP contribution in [0.2, 0.25) is 0 Å². The third-order valence-corrected chi connectivity index (χ3v) is 30.3. The van der Waals surface area contributed by atoms with Gasteiger partial charge in [0.15, 0.2) is 23.3 Å². The molecule has 0 N–H and O–H groups in total. The SMILES string of the molecule is c1ccc(-c2nc(-c3ccc4cc5c(cc4c3)oc3ccccc35)nc3c2ccc2ccccc23)cc1.c1ccc(-c2nc(-c3ccc4cc5c(cc4c3)oc3ccccc35)nc3ccc4ccccc4c23)cc1.c1ccc(-c2nc(-c3ccc4ccc5sc6ccccc6c5c4c3)nc3c2ccc2ccccc23)cc1.c1ccc(-c2nc(-c3ccc4ccc5sc6ccccc6c5c4c3)nc3ccccc23)cc1. The van der Waals surface area contributed by atoms with Crippen LogP contribution in [0.1, 0.15) is 0 Å². The maximum absolute atomic E-state index is 6.16. The zero-order valence-electron chi connectivity index (χ0n) is 77.2. The Labute approximate surface area is 832 Å². The number of hydrogen-bond donors (Lipinski definition) is 0. The quantitative estimate of drug-likeness (QED) is 0.136. The Bertz CT molecular complexity index is 10700. The zero-order valence-corrected chi connectivity index (χ0v) is 78.9. The second kappa shape index (κ2) is 34.7. The number of thiophene rings is 2. The van der Waals surface area contributed by atoms with Crippen molar-refractivity contribution in [1.29, 1.82) is 0 Å². The van der Waals surface area contributed by atoms with Crippen LogP contribution in [0.15, 0.2) is 482 Å². The van der Waals surface area contributed by atoms with E-state index in [0.717, 1.165) is 204 Å². The van der Waals surface area contributed by atoms with Crippen LogP contribution in [0.4, 0.5) is 0 Å². The first-order valence-corrected chi connectivity index (χ1v) is 49.9. The Balaban J connectivity index is 0.0000000935. The molecular weight excluding hydrogens is 1790 g/mol. The van der Waals surface area contributed by atoms with E-state index in [2.05, 4.69) is 413 Å². The molecule has 31 rings (SSSR count). The van der Waals surface area contributed by atoms with Crippen molar-refractivity contribution < 1.29 is 8.83 Å². The van der Waals surface area contributed by atoms with Crippen LogP contribution in [0.25, 0.3) is 294 Å². The Morgan fingerprint density at radius 2 is 0.472 bits per heavy atom. The van der Waals surface area contributed by atoms with E-state index in [1.165, 1.54) is 78.0 Å². The average Bonchev–Trinajstić information content (AvgIpc) is 1.34. The van der Waals surface area contributed by atoms with Gasteiger partial charge < -0.3 is 8.83 Å². The van der Waals surface area contributed by atoms with E-state index < -0.39 is 0 Å². The fraction of sp³-hybridized carbons (Fsp3) is 0. The Morgan fingerprint density at radius 3 is 0.944 bits per heavy atom. The number of hydrogen-bond acceptors (Lipinski definition) is 12. The summed E-state index contributed by atoms with van der Waals surface area (Å²) in [5, 5.41) is 30.6. The summed E-state index contributed by atoms with van der Waals surface area (Å²) in [6, 6.07) is 165. The largest absolute Gasteiger partial charge is 0.456 e. The number of aromatic nitrogens is 8. The minimum atomic E-state index is 0.716. The lowest BCUT2D eigenvalue weighted by molar-refractivity contribution is 0.669. The first-order valence-electron chi connectivity index (χ1n) is 48.3. The molecule has 144 heavy (non-hydrogen) atoms. The summed E-state index contributed by atoms with van der Waals surface area (Å²) in [7, 11) is 0. The van der Waals surface area contributed by atoms with Crippen molar-refractivity contribution in [3.63, 3.8) is 0 Å². The van der Waals surface area contributed by atoms with Crippen molar-refractivity contribution in [2.45, 2.75) is 0 Å². The van der Waals surface area contributed by atoms with Gasteiger partial charge >= 0.3 is 0 Å². The molecule has 0 bridgehead atoms. The molecule has 23 aromatic carbocycles. The smallest absolute Gasteiger partial charge is 0.160 e. The molecule has 10 nitrogen and oxygen atoms in total. The molecule has 0 radical (unpaired) electrons. The highest BCUT2D eigenvalue weighted by atomic mass is 32.1. The van der Waals surface area contributed by atoms with Gasteiger partial charge in [0.1, 0.15) is 22.3 Å². The monoisotopic (exact) mass is 1870 g/mol. The first kappa shape index (κ1) is 83.4. The van der Waals surface area contributed by atoms with Crippen molar-refractivity contribution >= 4 is 226 Å². The normalized spacial score (nSPS) is 11.8. The van der Waals surface area contributed by atoms with Gasteiger partial charge in [-0.2, -0.15) is 0 Å². The molecule has 0 aliphatic rings. The van der Waals surface area contributed by atoms with E-state index >= 15 is 0 Å². The van der Waals surface area contributed by atoms with Gasteiger partial charge in [-0.1, -0.05) is 364 Å². The minimum absolute atomic E-state index is 0.716. The summed E-state index contributed by atoms with van der Waals surface area (Å²) < 4.78 is 17.6. The van der Waals surface area contributed by atoms with Gasteiger partial charge in [0.25, 0.3) is 0 Å². The standard InChI is InChI=1S/2C34H20N2O.C34H20N2S.C30H18N2S/c1-2-9-22(10-3-1)33-32-26-11-5-4-8-21(26)16-17-29(32)35-34(36-33)24-15-14-23-19-28-27-12-6-7-13-30(27)37-31(28)20-25(23)18-24;1-2-9-22(10-3-1)32-28-17-16-21-8-4-5-11-26(21)33(28)36-34(35-32)24-15-14-23-19-29-27-12-6-7-13-30(27)37-31(29)20-25(23)18-24;1-2-9-23(10-3-1)32-27-18-16-21-8-4-5-11-25(21)33(27)36-34(35-32)24-15-14-22-17-19-30-31(28(22)20-24)26-12-6-7-13-29(26)37-30;1-2-8-20(9-3-1)29-22-10-4-6-12-25(22)31-30(32-29)21-15-14-19-16-17-27-28(24(19)18-21)23-11-5-7-13-26(23)33-27/h3*1-20H;1-18H. The fourth-order valence-corrected chi connectivity index (χ4v) is 23.3. The maximum atomic E-state index is 6.16. The van der Waals surface area contributed by atoms with Crippen LogP contribution in [-0.4, -0.2) is 39.9 Å². The Hall–Kier alpha value is -18.7. The molecular formula is C132H78N8O2S2. The van der Waals surface area contributed by atoms with Gasteiger partial charge in [-0.05, 0) is 174 Å². The van der Waals surface area contributed by atoms with Gasteiger partial charge in [-0.3, -0.25) is 0 Å². The maximum Gasteiger partial charge on any atom is 0.160 e. The van der Waals surface area contributed by atoms with Crippen molar-refractivity contribution in [2.24, 2.45) is 0 Å². The van der Waals surface area contributed by atoms with Crippen LogP contribution in [-0.2, 0) is 0 Å². The minimum Gasteiger partial charge on any atom is -0.456 e.